The second-order valence-corrected chi connectivity index (χ2v) is 11.8. The number of hydrogen-bond acceptors (Lipinski definition) is 6. The van der Waals surface area contributed by atoms with E-state index in [1.54, 1.807) is 24.3 Å². The maximum atomic E-state index is 14.9. The molecule has 1 fully saturated rings. The van der Waals surface area contributed by atoms with E-state index in [9.17, 15) is 14.0 Å². The summed E-state index contributed by atoms with van der Waals surface area (Å²) < 4.78 is 26.2. The molecule has 10 heteroatoms. The van der Waals surface area contributed by atoms with Gasteiger partial charge in [0.2, 0.25) is 0 Å². The molecule has 4 rings (SSSR count). The van der Waals surface area contributed by atoms with Crippen LogP contribution < -0.4 is 30.3 Å². The summed E-state index contributed by atoms with van der Waals surface area (Å²) >= 11 is 0. The van der Waals surface area contributed by atoms with Crippen LogP contribution in [0.4, 0.5) is 26.2 Å². The standard InChI is InChI=1S/C36H48FN5O4/c1-6-9-20-42-21-18-29(19-22-42)41(4)28-14-10-25(11-15-28)35(43)38-27-12-16-30(17-13-27)46-34-23-31(37)32(24-33(34)45-5)40-36(44)39-26(7-2)8-3/h10-17,23-24,26,29H,6-9,18-22H2,1-5H3,(H,38,43)(H2,39,40,44). The van der Waals surface area contributed by atoms with Gasteiger partial charge >= 0.3 is 6.03 Å². The Morgan fingerprint density at radius 1 is 0.957 bits per heavy atom. The number of carbonyl (C=O) groups excluding carboxylic acids is 2. The van der Waals surface area contributed by atoms with E-state index in [1.165, 1.54) is 38.6 Å². The normalized spacial score (nSPS) is 13.7. The Balaban J connectivity index is 1.32. The fourth-order valence-corrected chi connectivity index (χ4v) is 5.61. The molecule has 0 aromatic heterocycles. The first-order valence-electron chi connectivity index (χ1n) is 16.3. The molecule has 3 aromatic carbocycles. The van der Waals surface area contributed by atoms with Crippen LogP contribution >= 0.6 is 0 Å². The molecular formula is C36H48FN5O4. The predicted molar refractivity (Wildman–Crippen MR) is 183 cm³/mol. The lowest BCUT2D eigenvalue weighted by Crippen LogP contribution is -2.43. The van der Waals surface area contributed by atoms with Gasteiger partial charge in [-0.3, -0.25) is 4.79 Å². The van der Waals surface area contributed by atoms with Crippen LogP contribution in [0.2, 0.25) is 0 Å². The number of ether oxygens (including phenoxy) is 2. The Morgan fingerprint density at radius 2 is 1.63 bits per heavy atom. The third kappa shape index (κ3) is 9.36. The van der Waals surface area contributed by atoms with Crippen molar-refractivity contribution in [2.75, 3.05) is 49.3 Å². The van der Waals surface area contributed by atoms with E-state index in [0.717, 1.165) is 44.5 Å². The molecule has 0 atom stereocenters. The topological polar surface area (TPSA) is 95.2 Å². The SMILES string of the molecule is CCCCN1CCC(N(C)c2ccc(C(=O)Nc3ccc(Oc4cc(F)c(NC(=O)NC(CC)CC)cc4OC)cc3)cc2)CC1. The second kappa shape index (κ2) is 16.8. The Kier molecular flexibility index (Phi) is 12.7. The molecule has 0 bridgehead atoms. The average molecular weight is 634 g/mol. The summed E-state index contributed by atoms with van der Waals surface area (Å²) in [5.41, 5.74) is 2.24. The Morgan fingerprint density at radius 3 is 2.24 bits per heavy atom. The first-order valence-corrected chi connectivity index (χ1v) is 16.3. The van der Waals surface area contributed by atoms with Crippen LogP contribution in [0, 0.1) is 5.82 Å². The average Bonchev–Trinajstić information content (AvgIpc) is 3.08. The summed E-state index contributed by atoms with van der Waals surface area (Å²) in [5.74, 6) is -0.0546. The smallest absolute Gasteiger partial charge is 0.319 e. The number of nitrogens with zero attached hydrogens (tertiary/aromatic N) is 2. The summed E-state index contributed by atoms with van der Waals surface area (Å²) in [6.07, 6.45) is 6.32. The van der Waals surface area contributed by atoms with Crippen molar-refractivity contribution in [3.63, 3.8) is 0 Å². The lowest BCUT2D eigenvalue weighted by atomic mass is 10.0. The van der Waals surface area contributed by atoms with Crippen LogP contribution in [0.15, 0.2) is 60.7 Å². The number of hydrogen-bond donors (Lipinski definition) is 3. The van der Waals surface area contributed by atoms with Crippen LogP contribution in [-0.2, 0) is 0 Å². The Bertz CT molecular complexity index is 1420. The highest BCUT2D eigenvalue weighted by atomic mass is 19.1. The molecule has 0 saturated carbocycles. The number of benzene rings is 3. The fourth-order valence-electron chi connectivity index (χ4n) is 5.61. The minimum Gasteiger partial charge on any atom is -0.493 e. The molecule has 1 heterocycles. The second-order valence-electron chi connectivity index (χ2n) is 11.8. The Labute approximate surface area is 272 Å². The molecule has 0 unspecified atom stereocenters. The van der Waals surface area contributed by atoms with Gasteiger partial charge in [-0.1, -0.05) is 27.2 Å². The number of methoxy groups -OCH3 is 1. The van der Waals surface area contributed by atoms with E-state index in [2.05, 4.69) is 39.7 Å². The van der Waals surface area contributed by atoms with E-state index in [0.29, 0.717) is 23.0 Å². The fraction of sp³-hybridized carbons (Fsp3) is 0.444. The van der Waals surface area contributed by atoms with Gasteiger partial charge in [0.1, 0.15) is 5.75 Å². The molecule has 1 saturated heterocycles. The first-order chi connectivity index (χ1) is 22.2. The van der Waals surface area contributed by atoms with Crippen molar-refractivity contribution < 1.29 is 23.5 Å². The van der Waals surface area contributed by atoms with Gasteiger partial charge in [0.05, 0.1) is 12.8 Å². The van der Waals surface area contributed by atoms with Crippen LogP contribution in [-0.4, -0.2) is 62.7 Å². The van der Waals surface area contributed by atoms with Crippen LogP contribution in [0.3, 0.4) is 0 Å². The third-order valence-corrected chi connectivity index (χ3v) is 8.63. The number of urea groups is 1. The summed E-state index contributed by atoms with van der Waals surface area (Å²) in [6.45, 7) is 9.63. The summed E-state index contributed by atoms with van der Waals surface area (Å²) in [6, 6.07) is 17.0. The minimum atomic E-state index is -0.663. The van der Waals surface area contributed by atoms with E-state index in [-0.39, 0.29) is 29.1 Å². The van der Waals surface area contributed by atoms with Gasteiger partial charge < -0.3 is 35.2 Å². The molecular weight excluding hydrogens is 585 g/mol. The number of nitrogens with one attached hydrogen (secondary N) is 3. The lowest BCUT2D eigenvalue weighted by molar-refractivity contribution is 0.102. The highest BCUT2D eigenvalue weighted by Gasteiger charge is 2.23. The zero-order chi connectivity index (χ0) is 33.1. The van der Waals surface area contributed by atoms with Crippen LogP contribution in [0.25, 0.3) is 0 Å². The number of rotatable bonds is 14. The number of likely N-dealkylation sites (tertiary alicyclic amines) is 1. The molecule has 0 aliphatic carbocycles. The molecule has 248 valence electrons. The van der Waals surface area contributed by atoms with Crippen molar-refractivity contribution in [2.24, 2.45) is 0 Å². The molecule has 1 aliphatic heterocycles. The number of amides is 3. The van der Waals surface area contributed by atoms with Crippen molar-refractivity contribution in [3.05, 3.63) is 72.0 Å². The van der Waals surface area contributed by atoms with E-state index >= 15 is 0 Å². The Hall–Kier alpha value is -4.31. The van der Waals surface area contributed by atoms with Gasteiger partial charge in [-0.05, 0) is 87.2 Å². The molecule has 0 radical (unpaired) electrons. The first kappa shape index (κ1) is 34.6. The van der Waals surface area contributed by atoms with Crippen molar-refractivity contribution >= 4 is 29.0 Å². The maximum Gasteiger partial charge on any atom is 0.319 e. The van der Waals surface area contributed by atoms with Crippen molar-refractivity contribution in [2.45, 2.75) is 71.4 Å². The molecule has 1 aliphatic rings. The monoisotopic (exact) mass is 633 g/mol. The molecule has 46 heavy (non-hydrogen) atoms. The van der Waals surface area contributed by atoms with E-state index < -0.39 is 11.8 Å². The largest absolute Gasteiger partial charge is 0.493 e. The highest BCUT2D eigenvalue weighted by Crippen LogP contribution is 2.36. The van der Waals surface area contributed by atoms with Gasteiger partial charge in [0.25, 0.3) is 5.91 Å². The highest BCUT2D eigenvalue weighted by molar-refractivity contribution is 6.04. The number of anilines is 3. The van der Waals surface area contributed by atoms with Crippen molar-refractivity contribution in [3.8, 4) is 17.2 Å². The minimum absolute atomic E-state index is 0.00109. The van der Waals surface area contributed by atoms with Crippen LogP contribution in [0.1, 0.15) is 69.7 Å². The summed E-state index contributed by atoms with van der Waals surface area (Å²) in [4.78, 5) is 30.2. The zero-order valence-corrected chi connectivity index (χ0v) is 27.7. The van der Waals surface area contributed by atoms with Crippen LogP contribution in [0.5, 0.6) is 17.2 Å². The number of piperidine rings is 1. The summed E-state index contributed by atoms with van der Waals surface area (Å²) in [7, 11) is 3.57. The zero-order valence-electron chi connectivity index (χ0n) is 27.7. The number of carbonyl (C=O) groups is 2. The molecule has 9 nitrogen and oxygen atoms in total. The van der Waals surface area contributed by atoms with Gasteiger partial charge in [-0.15, -0.1) is 0 Å². The van der Waals surface area contributed by atoms with E-state index in [1.807, 2.05) is 38.1 Å². The third-order valence-electron chi connectivity index (χ3n) is 8.63. The van der Waals surface area contributed by atoms with E-state index in [4.69, 9.17) is 9.47 Å². The summed E-state index contributed by atoms with van der Waals surface area (Å²) in [5, 5.41) is 8.27. The van der Waals surface area contributed by atoms with Gasteiger partial charge in [-0.2, -0.15) is 0 Å². The quantitative estimate of drug-likeness (QED) is 0.167. The van der Waals surface area contributed by atoms with Crippen molar-refractivity contribution in [1.82, 2.24) is 10.2 Å². The van der Waals surface area contributed by atoms with Gasteiger partial charge in [0, 0.05) is 61.3 Å². The molecule has 0 spiro atoms. The number of unbranched alkanes of at least 4 members (excludes halogenated alkanes) is 1. The maximum absolute atomic E-state index is 14.9. The number of halogens is 1. The van der Waals surface area contributed by atoms with Crippen molar-refractivity contribution in [1.29, 1.82) is 0 Å². The predicted octanol–water partition coefficient (Wildman–Crippen LogP) is 7.89. The molecule has 3 N–H and O–H groups in total. The molecule has 3 aromatic rings. The van der Waals surface area contributed by atoms with Gasteiger partial charge in [-0.25, -0.2) is 9.18 Å². The van der Waals surface area contributed by atoms with Gasteiger partial charge in [0.15, 0.2) is 17.3 Å². The lowest BCUT2D eigenvalue weighted by Gasteiger charge is -2.38. The molecule has 3 amide bonds.